The van der Waals surface area contributed by atoms with Gasteiger partial charge >= 0.3 is 5.97 Å². The molecule has 2 aromatic rings. The van der Waals surface area contributed by atoms with Gasteiger partial charge in [0, 0.05) is 18.2 Å². The summed E-state index contributed by atoms with van der Waals surface area (Å²) >= 11 is 0. The molecule has 0 saturated heterocycles. The number of hydrogen-bond donors (Lipinski definition) is 1. The highest BCUT2D eigenvalue weighted by atomic mass is 16.5. The summed E-state index contributed by atoms with van der Waals surface area (Å²) in [6.45, 7) is 0. The number of aliphatic carboxylic acids is 1. The van der Waals surface area contributed by atoms with Crippen LogP contribution in [0, 0.1) is 0 Å². The quantitative estimate of drug-likeness (QED) is 0.832. The smallest absolute Gasteiger partial charge is 0.328 e. The Labute approximate surface area is 114 Å². The molecule has 0 aliphatic heterocycles. The summed E-state index contributed by atoms with van der Waals surface area (Å²) in [6.07, 6.45) is 2.14. The van der Waals surface area contributed by atoms with Crippen LogP contribution in [0.1, 0.15) is 5.89 Å². The van der Waals surface area contributed by atoms with E-state index in [1.807, 2.05) is 0 Å². The first kappa shape index (κ1) is 13.6. The van der Waals surface area contributed by atoms with Gasteiger partial charge in [-0.05, 0) is 12.1 Å². The lowest BCUT2D eigenvalue weighted by Gasteiger charge is -2.07. The number of hydrogen-bond acceptors (Lipinski definition) is 6. The molecular formula is C13H12N2O5. The molecule has 0 aliphatic carbocycles. The van der Waals surface area contributed by atoms with Crippen LogP contribution in [0.2, 0.25) is 0 Å². The molecule has 0 atom stereocenters. The Balaban J connectivity index is 2.34. The molecule has 0 unspecified atom stereocenters. The Morgan fingerprint density at radius 1 is 1.30 bits per heavy atom. The Kier molecular flexibility index (Phi) is 3.99. The molecule has 1 N–H and O–H groups in total. The second-order valence-corrected chi connectivity index (χ2v) is 3.68. The van der Waals surface area contributed by atoms with Crippen molar-refractivity contribution in [2.24, 2.45) is 0 Å². The molecule has 0 saturated carbocycles. The predicted molar refractivity (Wildman–Crippen MR) is 69.5 cm³/mol. The van der Waals surface area contributed by atoms with E-state index in [-0.39, 0.29) is 11.8 Å². The van der Waals surface area contributed by atoms with Gasteiger partial charge in [0.05, 0.1) is 19.8 Å². The van der Waals surface area contributed by atoms with Crippen molar-refractivity contribution < 1.29 is 23.8 Å². The minimum Gasteiger partial charge on any atom is -0.497 e. The van der Waals surface area contributed by atoms with Crippen molar-refractivity contribution in [1.82, 2.24) is 10.2 Å². The fourth-order valence-corrected chi connectivity index (χ4v) is 1.53. The van der Waals surface area contributed by atoms with Gasteiger partial charge in [-0.1, -0.05) is 0 Å². The van der Waals surface area contributed by atoms with Gasteiger partial charge < -0.3 is 19.0 Å². The standard InChI is InChI=1S/C13H12N2O5/c1-18-8-3-4-9(10(7-8)19-2)13-15-14-11(20-13)5-6-12(16)17/h3-7H,1-2H3,(H,16,17)/b6-5+. The summed E-state index contributed by atoms with van der Waals surface area (Å²) in [5, 5.41) is 16.1. The molecule has 0 amide bonds. The zero-order valence-corrected chi connectivity index (χ0v) is 10.9. The average molecular weight is 276 g/mol. The molecular weight excluding hydrogens is 264 g/mol. The van der Waals surface area contributed by atoms with E-state index in [4.69, 9.17) is 19.0 Å². The summed E-state index contributed by atoms with van der Waals surface area (Å²) in [4.78, 5) is 10.4. The highest BCUT2D eigenvalue weighted by molar-refractivity contribution is 5.84. The maximum atomic E-state index is 10.4. The molecule has 20 heavy (non-hydrogen) atoms. The fourth-order valence-electron chi connectivity index (χ4n) is 1.53. The van der Waals surface area contributed by atoms with Gasteiger partial charge in [-0.3, -0.25) is 0 Å². The second-order valence-electron chi connectivity index (χ2n) is 3.68. The first-order valence-electron chi connectivity index (χ1n) is 5.61. The van der Waals surface area contributed by atoms with Gasteiger partial charge in [0.25, 0.3) is 5.89 Å². The van der Waals surface area contributed by atoms with E-state index in [9.17, 15) is 4.79 Å². The zero-order valence-electron chi connectivity index (χ0n) is 10.9. The van der Waals surface area contributed by atoms with Gasteiger partial charge in [-0.2, -0.15) is 0 Å². The van der Waals surface area contributed by atoms with Gasteiger partial charge in [0.15, 0.2) is 0 Å². The number of rotatable bonds is 5. The lowest BCUT2D eigenvalue weighted by Crippen LogP contribution is -1.90. The van der Waals surface area contributed by atoms with E-state index < -0.39 is 5.97 Å². The van der Waals surface area contributed by atoms with Gasteiger partial charge in [-0.15, -0.1) is 10.2 Å². The van der Waals surface area contributed by atoms with E-state index >= 15 is 0 Å². The molecule has 0 spiro atoms. The van der Waals surface area contributed by atoms with Crippen molar-refractivity contribution in [3.8, 4) is 23.0 Å². The summed E-state index contributed by atoms with van der Waals surface area (Å²) in [5.74, 6) is 0.388. The number of methoxy groups -OCH3 is 2. The topological polar surface area (TPSA) is 94.7 Å². The van der Waals surface area contributed by atoms with E-state index in [2.05, 4.69) is 10.2 Å². The zero-order chi connectivity index (χ0) is 14.5. The molecule has 0 fully saturated rings. The normalized spacial score (nSPS) is 10.7. The minimum atomic E-state index is -1.09. The van der Waals surface area contributed by atoms with Crippen molar-refractivity contribution in [2.75, 3.05) is 14.2 Å². The summed E-state index contributed by atoms with van der Waals surface area (Å²) in [7, 11) is 3.07. The van der Waals surface area contributed by atoms with E-state index in [0.717, 1.165) is 6.08 Å². The van der Waals surface area contributed by atoms with Crippen LogP contribution in [0.25, 0.3) is 17.5 Å². The Morgan fingerprint density at radius 3 is 2.75 bits per heavy atom. The van der Waals surface area contributed by atoms with E-state index in [1.165, 1.54) is 13.2 Å². The summed E-state index contributed by atoms with van der Waals surface area (Å²) in [5.41, 5.74) is 0.593. The third-order valence-electron chi connectivity index (χ3n) is 2.45. The van der Waals surface area contributed by atoms with Crippen LogP contribution in [-0.4, -0.2) is 35.5 Å². The second kappa shape index (κ2) is 5.87. The molecule has 7 heteroatoms. The molecule has 0 aliphatic rings. The van der Waals surface area contributed by atoms with Crippen molar-refractivity contribution in [3.05, 3.63) is 30.2 Å². The number of aromatic nitrogens is 2. The molecule has 0 radical (unpaired) electrons. The average Bonchev–Trinajstić information content (AvgIpc) is 2.93. The molecule has 1 aromatic carbocycles. The number of nitrogens with zero attached hydrogens (tertiary/aromatic N) is 2. The maximum Gasteiger partial charge on any atom is 0.328 e. The molecule has 0 bridgehead atoms. The lowest BCUT2D eigenvalue weighted by molar-refractivity contribution is -0.131. The van der Waals surface area contributed by atoms with Crippen molar-refractivity contribution >= 4 is 12.0 Å². The third-order valence-corrected chi connectivity index (χ3v) is 2.45. The van der Waals surface area contributed by atoms with Gasteiger partial charge in [-0.25, -0.2) is 4.79 Å². The predicted octanol–water partition coefficient (Wildman–Crippen LogP) is 1.85. The highest BCUT2D eigenvalue weighted by Gasteiger charge is 2.13. The number of carboxylic acids is 1. The molecule has 104 valence electrons. The van der Waals surface area contributed by atoms with Crippen molar-refractivity contribution in [3.63, 3.8) is 0 Å². The third kappa shape index (κ3) is 2.94. The highest BCUT2D eigenvalue weighted by Crippen LogP contribution is 2.32. The largest absolute Gasteiger partial charge is 0.497 e. The van der Waals surface area contributed by atoms with Crippen molar-refractivity contribution in [2.45, 2.75) is 0 Å². The first-order chi connectivity index (χ1) is 9.63. The maximum absolute atomic E-state index is 10.4. The van der Waals surface area contributed by atoms with Crippen LogP contribution in [0.5, 0.6) is 11.5 Å². The monoisotopic (exact) mass is 276 g/mol. The lowest BCUT2D eigenvalue weighted by atomic mass is 10.2. The van der Waals surface area contributed by atoms with Crippen LogP contribution in [-0.2, 0) is 4.79 Å². The molecule has 1 aromatic heterocycles. The van der Waals surface area contributed by atoms with Crippen LogP contribution in [0.4, 0.5) is 0 Å². The number of carbonyl (C=O) groups is 1. The van der Waals surface area contributed by atoms with Crippen LogP contribution < -0.4 is 9.47 Å². The summed E-state index contributed by atoms with van der Waals surface area (Å²) in [6, 6.07) is 5.14. The Bertz CT molecular complexity index is 648. The molecule has 7 nitrogen and oxygen atoms in total. The van der Waals surface area contributed by atoms with Gasteiger partial charge in [0.2, 0.25) is 5.89 Å². The SMILES string of the molecule is COc1ccc(-c2nnc(/C=C/C(=O)O)o2)c(OC)c1. The molecule has 2 rings (SSSR count). The minimum absolute atomic E-state index is 0.0975. The molecule has 1 heterocycles. The summed E-state index contributed by atoms with van der Waals surface area (Å²) < 4.78 is 15.7. The number of benzene rings is 1. The Hall–Kier alpha value is -2.83. The van der Waals surface area contributed by atoms with E-state index in [1.54, 1.807) is 25.3 Å². The van der Waals surface area contributed by atoms with E-state index in [0.29, 0.717) is 17.1 Å². The fraction of sp³-hybridized carbons (Fsp3) is 0.154. The van der Waals surface area contributed by atoms with Crippen LogP contribution in [0.15, 0.2) is 28.7 Å². The number of ether oxygens (including phenoxy) is 2. The van der Waals surface area contributed by atoms with Crippen LogP contribution >= 0.6 is 0 Å². The Morgan fingerprint density at radius 2 is 2.10 bits per heavy atom. The van der Waals surface area contributed by atoms with Crippen LogP contribution in [0.3, 0.4) is 0 Å². The number of carboxylic acid groups (broad SMARTS) is 1. The van der Waals surface area contributed by atoms with Crippen molar-refractivity contribution in [1.29, 1.82) is 0 Å². The van der Waals surface area contributed by atoms with Gasteiger partial charge in [0.1, 0.15) is 11.5 Å². The first-order valence-corrected chi connectivity index (χ1v) is 5.61.